The van der Waals surface area contributed by atoms with E-state index in [1.165, 1.54) is 18.6 Å². The van der Waals surface area contributed by atoms with Gasteiger partial charge < -0.3 is 14.2 Å². The van der Waals surface area contributed by atoms with Crippen LogP contribution in [0.25, 0.3) is 0 Å². The van der Waals surface area contributed by atoms with Crippen molar-refractivity contribution in [2.45, 2.75) is 37.2 Å². The number of ether oxygens (including phenoxy) is 3. The lowest BCUT2D eigenvalue weighted by Crippen LogP contribution is -2.23. The van der Waals surface area contributed by atoms with Crippen molar-refractivity contribution in [1.82, 2.24) is 0 Å². The highest BCUT2D eigenvalue weighted by atomic mass is 32.2. The Kier molecular flexibility index (Phi) is 8.14. The smallest absolute Gasteiger partial charge is 0.297 e. The summed E-state index contributed by atoms with van der Waals surface area (Å²) in [4.78, 5) is 0.155. The second-order valence-electron chi connectivity index (χ2n) is 5.74. The third-order valence-corrected chi connectivity index (χ3v) is 5.11. The summed E-state index contributed by atoms with van der Waals surface area (Å²) in [5, 5.41) is 0. The Hall–Kier alpha value is -0.990. The van der Waals surface area contributed by atoms with Crippen LogP contribution in [-0.2, 0) is 28.5 Å². The third-order valence-electron chi connectivity index (χ3n) is 3.78. The Balaban J connectivity index is 1.46. The molecule has 0 heterocycles. The maximum atomic E-state index is 11.9. The predicted octanol–water partition coefficient (Wildman–Crippen LogP) is 2.30. The van der Waals surface area contributed by atoms with E-state index in [1.54, 1.807) is 12.1 Å². The SMILES string of the molecule is Cc1ccc(S(=O)(=O)OCCOCCOCCOC2CCC2)cc1. The molecular formula is C17H26O6S. The first-order valence-corrected chi connectivity index (χ1v) is 9.72. The molecule has 0 N–H and O–H groups in total. The molecule has 1 aliphatic carbocycles. The molecule has 1 fully saturated rings. The van der Waals surface area contributed by atoms with Crippen molar-refractivity contribution < 1.29 is 26.8 Å². The first-order chi connectivity index (χ1) is 11.6. The fourth-order valence-electron chi connectivity index (χ4n) is 2.11. The summed E-state index contributed by atoms with van der Waals surface area (Å²) in [7, 11) is -3.71. The molecule has 0 saturated heterocycles. The number of rotatable bonds is 12. The standard InChI is InChI=1S/C17H26O6S/c1-15-5-7-17(8-6-15)24(18,19)23-14-12-21-10-9-20-11-13-22-16-3-2-4-16/h5-8,16H,2-4,9-14H2,1H3. The zero-order valence-corrected chi connectivity index (χ0v) is 14.9. The third kappa shape index (κ3) is 6.86. The first-order valence-electron chi connectivity index (χ1n) is 8.31. The van der Waals surface area contributed by atoms with E-state index in [2.05, 4.69) is 0 Å². The molecule has 1 saturated carbocycles. The van der Waals surface area contributed by atoms with Gasteiger partial charge in [-0.25, -0.2) is 0 Å². The molecular weight excluding hydrogens is 332 g/mol. The van der Waals surface area contributed by atoms with Crippen LogP contribution < -0.4 is 0 Å². The van der Waals surface area contributed by atoms with Crippen LogP contribution in [0.1, 0.15) is 24.8 Å². The highest BCUT2D eigenvalue weighted by Crippen LogP contribution is 2.21. The van der Waals surface area contributed by atoms with Crippen LogP contribution >= 0.6 is 0 Å². The lowest BCUT2D eigenvalue weighted by Gasteiger charge is -2.25. The van der Waals surface area contributed by atoms with Crippen molar-refractivity contribution in [3.8, 4) is 0 Å². The summed E-state index contributed by atoms with van der Waals surface area (Å²) >= 11 is 0. The summed E-state index contributed by atoms with van der Waals surface area (Å²) in [6, 6.07) is 6.54. The van der Waals surface area contributed by atoms with Gasteiger partial charge in [0.25, 0.3) is 10.1 Å². The monoisotopic (exact) mass is 358 g/mol. The van der Waals surface area contributed by atoms with E-state index in [-0.39, 0.29) is 18.1 Å². The molecule has 24 heavy (non-hydrogen) atoms. The van der Waals surface area contributed by atoms with Crippen molar-refractivity contribution in [2.24, 2.45) is 0 Å². The molecule has 0 amide bonds. The number of benzene rings is 1. The van der Waals surface area contributed by atoms with Crippen LogP contribution in [0.2, 0.25) is 0 Å². The van der Waals surface area contributed by atoms with E-state index in [4.69, 9.17) is 18.4 Å². The maximum absolute atomic E-state index is 11.9. The minimum Gasteiger partial charge on any atom is -0.377 e. The average molecular weight is 358 g/mol. The zero-order chi connectivity index (χ0) is 17.3. The minimum absolute atomic E-state index is 0.0129. The highest BCUT2D eigenvalue weighted by Gasteiger charge is 2.17. The molecule has 136 valence electrons. The minimum atomic E-state index is -3.71. The van der Waals surface area contributed by atoms with Gasteiger partial charge in [-0.2, -0.15) is 8.42 Å². The van der Waals surface area contributed by atoms with Crippen molar-refractivity contribution >= 4 is 10.1 Å². The van der Waals surface area contributed by atoms with E-state index in [1.807, 2.05) is 6.92 Å². The molecule has 0 radical (unpaired) electrons. The van der Waals surface area contributed by atoms with Crippen LogP contribution in [0.5, 0.6) is 0 Å². The molecule has 2 rings (SSSR count). The Morgan fingerprint density at radius 1 is 0.917 bits per heavy atom. The summed E-state index contributed by atoms with van der Waals surface area (Å²) in [5.41, 5.74) is 0.996. The van der Waals surface area contributed by atoms with Crippen LogP contribution in [-0.4, -0.2) is 54.2 Å². The van der Waals surface area contributed by atoms with Crippen molar-refractivity contribution in [1.29, 1.82) is 0 Å². The van der Waals surface area contributed by atoms with Crippen LogP contribution in [0.15, 0.2) is 29.2 Å². The summed E-state index contributed by atoms with van der Waals surface area (Å²) in [6.45, 7) is 4.11. The van der Waals surface area contributed by atoms with E-state index in [0.717, 1.165) is 18.4 Å². The zero-order valence-electron chi connectivity index (χ0n) is 14.1. The summed E-state index contributed by atoms with van der Waals surface area (Å²) in [5.74, 6) is 0. The molecule has 1 aromatic carbocycles. The Morgan fingerprint density at radius 2 is 1.50 bits per heavy atom. The molecule has 0 aromatic heterocycles. The highest BCUT2D eigenvalue weighted by molar-refractivity contribution is 7.86. The van der Waals surface area contributed by atoms with Crippen molar-refractivity contribution in [3.63, 3.8) is 0 Å². The largest absolute Gasteiger partial charge is 0.377 e. The van der Waals surface area contributed by atoms with Gasteiger partial charge >= 0.3 is 0 Å². The van der Waals surface area contributed by atoms with E-state index in [0.29, 0.717) is 32.5 Å². The van der Waals surface area contributed by atoms with Gasteiger partial charge in [0.05, 0.1) is 50.6 Å². The van der Waals surface area contributed by atoms with Gasteiger partial charge in [0, 0.05) is 0 Å². The Labute approximate surface area is 144 Å². The second kappa shape index (κ2) is 10.1. The van der Waals surface area contributed by atoms with Gasteiger partial charge in [0.2, 0.25) is 0 Å². The lowest BCUT2D eigenvalue weighted by atomic mass is 9.96. The predicted molar refractivity (Wildman–Crippen MR) is 89.5 cm³/mol. The van der Waals surface area contributed by atoms with E-state index in [9.17, 15) is 8.42 Å². The van der Waals surface area contributed by atoms with E-state index < -0.39 is 10.1 Å². The normalized spacial score (nSPS) is 15.4. The molecule has 1 aromatic rings. The molecule has 0 spiro atoms. The quantitative estimate of drug-likeness (QED) is 0.422. The van der Waals surface area contributed by atoms with Gasteiger partial charge in [0.15, 0.2) is 0 Å². The van der Waals surface area contributed by atoms with Crippen molar-refractivity contribution in [3.05, 3.63) is 29.8 Å². The van der Waals surface area contributed by atoms with Gasteiger partial charge in [-0.3, -0.25) is 4.18 Å². The fourth-order valence-corrected chi connectivity index (χ4v) is 3.00. The fraction of sp³-hybridized carbons (Fsp3) is 0.647. The maximum Gasteiger partial charge on any atom is 0.297 e. The molecule has 0 atom stereocenters. The second-order valence-corrected chi connectivity index (χ2v) is 7.35. The van der Waals surface area contributed by atoms with Crippen molar-refractivity contribution in [2.75, 3.05) is 39.6 Å². The van der Waals surface area contributed by atoms with Crippen LogP contribution in [0.4, 0.5) is 0 Å². The molecule has 7 heteroatoms. The Bertz CT molecular complexity index is 565. The Morgan fingerprint density at radius 3 is 2.08 bits per heavy atom. The van der Waals surface area contributed by atoms with Crippen LogP contribution in [0, 0.1) is 6.92 Å². The molecule has 0 bridgehead atoms. The number of hydrogen-bond acceptors (Lipinski definition) is 6. The van der Waals surface area contributed by atoms with Gasteiger partial charge in [-0.05, 0) is 38.3 Å². The van der Waals surface area contributed by atoms with Gasteiger partial charge in [-0.1, -0.05) is 17.7 Å². The molecule has 0 unspecified atom stereocenters. The number of aryl methyl sites for hydroxylation is 1. The molecule has 0 aliphatic heterocycles. The van der Waals surface area contributed by atoms with Gasteiger partial charge in [-0.15, -0.1) is 0 Å². The molecule has 1 aliphatic rings. The topological polar surface area (TPSA) is 71.1 Å². The summed E-state index contributed by atoms with van der Waals surface area (Å²) in [6.07, 6.45) is 4.02. The van der Waals surface area contributed by atoms with E-state index >= 15 is 0 Å². The first kappa shape index (κ1) is 19.3. The average Bonchev–Trinajstić information content (AvgIpc) is 2.51. The number of hydrogen-bond donors (Lipinski definition) is 0. The lowest BCUT2D eigenvalue weighted by molar-refractivity contribution is -0.0377. The van der Waals surface area contributed by atoms with Crippen LogP contribution in [0.3, 0.4) is 0 Å². The van der Waals surface area contributed by atoms with Gasteiger partial charge in [0.1, 0.15) is 0 Å². The summed E-state index contributed by atoms with van der Waals surface area (Å²) < 4.78 is 45.0. The molecule has 6 nitrogen and oxygen atoms in total.